The van der Waals surface area contributed by atoms with Gasteiger partial charge in [0.1, 0.15) is 0 Å². The van der Waals surface area contributed by atoms with E-state index in [4.69, 9.17) is 10.0 Å². The van der Waals surface area contributed by atoms with Gasteiger partial charge in [-0.25, -0.2) is 0 Å². The van der Waals surface area contributed by atoms with Crippen molar-refractivity contribution in [1.29, 1.82) is 0 Å². The zero-order valence-electron chi connectivity index (χ0n) is 10.8. The molecule has 1 fully saturated rings. The van der Waals surface area contributed by atoms with Gasteiger partial charge < -0.3 is 15.4 Å². The quantitative estimate of drug-likeness (QED) is 0.681. The molecule has 0 amide bonds. The Bertz CT molecular complexity index is 347. The maximum absolute atomic E-state index is 9.00. The summed E-state index contributed by atoms with van der Waals surface area (Å²) in [4.78, 5) is 0. The fraction of sp³-hybridized carbons (Fsp3) is 0.571. The van der Waals surface area contributed by atoms with Crippen molar-refractivity contribution in [1.82, 2.24) is 5.32 Å². The molecule has 0 saturated heterocycles. The molecule has 0 aliphatic heterocycles. The highest BCUT2D eigenvalue weighted by Gasteiger charge is 2.13. The van der Waals surface area contributed by atoms with Gasteiger partial charge in [-0.3, -0.25) is 0 Å². The van der Waals surface area contributed by atoms with Crippen LogP contribution in [0, 0.1) is 5.92 Å². The van der Waals surface area contributed by atoms with Gasteiger partial charge >= 0.3 is 7.12 Å². The molecule has 1 aliphatic carbocycles. The zero-order chi connectivity index (χ0) is 12.8. The second kappa shape index (κ2) is 6.93. The molecule has 0 bridgehead atoms. The van der Waals surface area contributed by atoms with Crippen molar-refractivity contribution in [2.24, 2.45) is 5.92 Å². The first-order chi connectivity index (χ1) is 8.75. The molecule has 1 aliphatic rings. The summed E-state index contributed by atoms with van der Waals surface area (Å²) in [6, 6.07) is 7.43. The lowest BCUT2D eigenvalue weighted by Gasteiger charge is -2.21. The van der Waals surface area contributed by atoms with Gasteiger partial charge in [0.25, 0.3) is 0 Å². The first kappa shape index (κ1) is 13.6. The molecule has 0 atom stereocenters. The largest absolute Gasteiger partial charge is 0.488 e. The molecule has 0 spiro atoms. The van der Waals surface area contributed by atoms with Crippen LogP contribution in [0.15, 0.2) is 24.3 Å². The van der Waals surface area contributed by atoms with Crippen molar-refractivity contribution in [3.05, 3.63) is 29.8 Å². The highest BCUT2D eigenvalue weighted by atomic mass is 16.4. The summed E-state index contributed by atoms with van der Waals surface area (Å²) in [6.45, 7) is 1.96. The molecule has 18 heavy (non-hydrogen) atoms. The summed E-state index contributed by atoms with van der Waals surface area (Å²) in [6.07, 6.45) is 6.90. The van der Waals surface area contributed by atoms with E-state index >= 15 is 0 Å². The molecular formula is C14H22BNO2. The summed E-state index contributed by atoms with van der Waals surface area (Å²) in [5, 5.41) is 21.5. The number of nitrogens with one attached hydrogen (secondary N) is 1. The van der Waals surface area contributed by atoms with Gasteiger partial charge in [0.15, 0.2) is 0 Å². The standard InChI is InChI=1S/C14H22BNO2/c17-15(18)14-8-6-13(7-9-14)11-16-10-12-4-2-1-3-5-12/h6-9,12,16-18H,1-5,10-11H2. The van der Waals surface area contributed by atoms with E-state index in [1.54, 1.807) is 12.1 Å². The van der Waals surface area contributed by atoms with Crippen molar-refractivity contribution in [2.45, 2.75) is 38.6 Å². The molecule has 3 nitrogen and oxygen atoms in total. The number of hydrogen-bond donors (Lipinski definition) is 3. The van der Waals surface area contributed by atoms with Crippen LogP contribution in [0.5, 0.6) is 0 Å². The maximum Gasteiger partial charge on any atom is 0.488 e. The Balaban J connectivity index is 1.72. The Kier molecular flexibility index (Phi) is 5.23. The molecule has 0 unspecified atom stereocenters. The minimum Gasteiger partial charge on any atom is -0.423 e. The molecule has 1 aromatic rings. The average Bonchev–Trinajstić information content (AvgIpc) is 2.40. The summed E-state index contributed by atoms with van der Waals surface area (Å²) in [7, 11) is -1.37. The number of benzene rings is 1. The van der Waals surface area contributed by atoms with Crippen LogP contribution in [-0.4, -0.2) is 23.7 Å². The van der Waals surface area contributed by atoms with Crippen LogP contribution in [0.2, 0.25) is 0 Å². The molecule has 3 N–H and O–H groups in total. The third-order valence-electron chi connectivity index (χ3n) is 3.76. The predicted octanol–water partition coefficient (Wildman–Crippen LogP) is 1.04. The van der Waals surface area contributed by atoms with E-state index in [2.05, 4.69) is 5.32 Å². The molecular weight excluding hydrogens is 225 g/mol. The van der Waals surface area contributed by atoms with Crippen molar-refractivity contribution in [2.75, 3.05) is 6.54 Å². The topological polar surface area (TPSA) is 52.5 Å². The molecule has 2 rings (SSSR count). The molecule has 1 aromatic carbocycles. The Morgan fingerprint density at radius 1 is 1.06 bits per heavy atom. The van der Waals surface area contributed by atoms with Gasteiger partial charge in [0.2, 0.25) is 0 Å². The van der Waals surface area contributed by atoms with Crippen LogP contribution in [0.1, 0.15) is 37.7 Å². The lowest BCUT2D eigenvalue weighted by Crippen LogP contribution is -2.29. The van der Waals surface area contributed by atoms with E-state index in [1.807, 2.05) is 12.1 Å². The van der Waals surface area contributed by atoms with Crippen LogP contribution < -0.4 is 10.8 Å². The fourth-order valence-corrected chi connectivity index (χ4v) is 2.62. The summed E-state index contributed by atoms with van der Waals surface area (Å²) in [5.74, 6) is 0.845. The zero-order valence-corrected chi connectivity index (χ0v) is 10.8. The fourth-order valence-electron chi connectivity index (χ4n) is 2.62. The molecule has 4 heteroatoms. The summed E-state index contributed by atoms with van der Waals surface area (Å²) in [5.41, 5.74) is 1.74. The SMILES string of the molecule is OB(O)c1ccc(CNCC2CCCCC2)cc1. The smallest absolute Gasteiger partial charge is 0.423 e. The van der Waals surface area contributed by atoms with Gasteiger partial charge in [-0.15, -0.1) is 0 Å². The van der Waals surface area contributed by atoms with Crippen molar-refractivity contribution < 1.29 is 10.0 Å². The third-order valence-corrected chi connectivity index (χ3v) is 3.76. The van der Waals surface area contributed by atoms with E-state index in [-0.39, 0.29) is 0 Å². The summed E-state index contributed by atoms with van der Waals surface area (Å²) >= 11 is 0. The lowest BCUT2D eigenvalue weighted by molar-refractivity contribution is 0.342. The second-order valence-electron chi connectivity index (χ2n) is 5.25. The van der Waals surface area contributed by atoms with E-state index in [0.29, 0.717) is 5.46 Å². The molecule has 1 saturated carbocycles. The van der Waals surface area contributed by atoms with E-state index in [0.717, 1.165) is 19.0 Å². The maximum atomic E-state index is 9.00. The molecule has 0 aromatic heterocycles. The van der Waals surface area contributed by atoms with Crippen LogP contribution in [0.3, 0.4) is 0 Å². The van der Waals surface area contributed by atoms with Crippen LogP contribution in [0.4, 0.5) is 0 Å². The van der Waals surface area contributed by atoms with E-state index in [9.17, 15) is 0 Å². The minimum atomic E-state index is -1.37. The van der Waals surface area contributed by atoms with Gasteiger partial charge in [0, 0.05) is 6.54 Å². The first-order valence-corrected chi connectivity index (χ1v) is 6.91. The Hall–Kier alpha value is -0.835. The van der Waals surface area contributed by atoms with Gasteiger partial charge in [0.05, 0.1) is 0 Å². The predicted molar refractivity (Wildman–Crippen MR) is 74.5 cm³/mol. The van der Waals surface area contributed by atoms with Crippen LogP contribution >= 0.6 is 0 Å². The summed E-state index contributed by atoms with van der Waals surface area (Å²) < 4.78 is 0. The monoisotopic (exact) mass is 247 g/mol. The van der Waals surface area contributed by atoms with Gasteiger partial charge in [-0.05, 0) is 36.3 Å². The van der Waals surface area contributed by atoms with Crippen molar-refractivity contribution in [3.63, 3.8) is 0 Å². The van der Waals surface area contributed by atoms with Crippen molar-refractivity contribution in [3.8, 4) is 0 Å². The van der Waals surface area contributed by atoms with Gasteiger partial charge in [-0.2, -0.15) is 0 Å². The molecule has 0 radical (unpaired) electrons. The van der Waals surface area contributed by atoms with Crippen molar-refractivity contribution >= 4 is 12.6 Å². The number of hydrogen-bond acceptors (Lipinski definition) is 3. The van der Waals surface area contributed by atoms with Crippen LogP contribution in [0.25, 0.3) is 0 Å². The Labute approximate surface area is 109 Å². The highest BCUT2D eigenvalue weighted by molar-refractivity contribution is 6.58. The van der Waals surface area contributed by atoms with E-state index < -0.39 is 7.12 Å². The second-order valence-corrected chi connectivity index (χ2v) is 5.25. The Morgan fingerprint density at radius 2 is 1.72 bits per heavy atom. The first-order valence-electron chi connectivity index (χ1n) is 6.91. The average molecular weight is 247 g/mol. The lowest BCUT2D eigenvalue weighted by atomic mass is 9.80. The number of rotatable bonds is 5. The minimum absolute atomic E-state index is 0.547. The Morgan fingerprint density at radius 3 is 2.33 bits per heavy atom. The molecule has 98 valence electrons. The molecule has 0 heterocycles. The van der Waals surface area contributed by atoms with Gasteiger partial charge in [-0.1, -0.05) is 43.5 Å². The normalized spacial score (nSPS) is 16.8. The highest BCUT2D eigenvalue weighted by Crippen LogP contribution is 2.22. The van der Waals surface area contributed by atoms with E-state index in [1.165, 1.54) is 37.7 Å². The van der Waals surface area contributed by atoms with Crippen LogP contribution in [-0.2, 0) is 6.54 Å². The third kappa shape index (κ3) is 4.12.